The van der Waals surface area contributed by atoms with Crippen LogP contribution in [0.1, 0.15) is 31.2 Å². The lowest BCUT2D eigenvalue weighted by molar-refractivity contribution is 0.0974. The lowest BCUT2D eigenvalue weighted by Gasteiger charge is -2.42. The number of pyridine rings is 1. The maximum atomic E-state index is 10.3. The third kappa shape index (κ3) is 3.38. The fourth-order valence-electron chi connectivity index (χ4n) is 5.16. The number of aromatic nitrogens is 3. The van der Waals surface area contributed by atoms with E-state index in [0.29, 0.717) is 21.5 Å². The molecule has 3 N–H and O–H groups in total. The van der Waals surface area contributed by atoms with Crippen LogP contribution in [0.5, 0.6) is 0 Å². The molecule has 0 aliphatic carbocycles. The van der Waals surface area contributed by atoms with Crippen LogP contribution in [0.2, 0.25) is 10.0 Å². The second kappa shape index (κ2) is 8.15. The number of ether oxygens (including phenoxy) is 1. The summed E-state index contributed by atoms with van der Waals surface area (Å²) < 4.78 is 7.72. The first kappa shape index (κ1) is 21.9. The van der Waals surface area contributed by atoms with Crippen molar-refractivity contribution in [3.8, 4) is 11.1 Å². The summed E-state index contributed by atoms with van der Waals surface area (Å²) in [6.45, 7) is 6.15. The zero-order chi connectivity index (χ0) is 22.6. The molecule has 2 fully saturated rings. The summed E-state index contributed by atoms with van der Waals surface area (Å²) >= 11 is 12.8. The van der Waals surface area contributed by atoms with E-state index < -0.39 is 0 Å². The van der Waals surface area contributed by atoms with Gasteiger partial charge in [0.25, 0.3) is 0 Å². The number of piperidine rings is 1. The van der Waals surface area contributed by atoms with Gasteiger partial charge in [-0.05, 0) is 44.4 Å². The van der Waals surface area contributed by atoms with Gasteiger partial charge in [-0.2, -0.15) is 4.52 Å². The fraction of sp³-hybridized carbons (Fsp3) is 0.478. The molecule has 3 aromatic rings. The van der Waals surface area contributed by atoms with Crippen molar-refractivity contribution >= 4 is 34.7 Å². The van der Waals surface area contributed by atoms with Crippen molar-refractivity contribution in [2.24, 2.45) is 11.1 Å². The predicted molar refractivity (Wildman–Crippen MR) is 126 cm³/mol. The van der Waals surface area contributed by atoms with E-state index in [1.807, 2.05) is 29.6 Å². The van der Waals surface area contributed by atoms with Crippen molar-refractivity contribution in [3.63, 3.8) is 0 Å². The summed E-state index contributed by atoms with van der Waals surface area (Å²) in [5, 5.41) is 15.8. The van der Waals surface area contributed by atoms with Crippen LogP contribution in [0.15, 0.2) is 24.3 Å². The second-order valence-electron chi connectivity index (χ2n) is 8.95. The zero-order valence-electron chi connectivity index (χ0n) is 18.2. The van der Waals surface area contributed by atoms with E-state index >= 15 is 0 Å². The number of rotatable bonds is 3. The Kier molecular flexibility index (Phi) is 5.58. The van der Waals surface area contributed by atoms with Gasteiger partial charge in [-0.25, -0.2) is 4.98 Å². The number of aryl methyl sites for hydroxylation is 1. The molecule has 2 aromatic heterocycles. The number of nitrogens with zero attached hydrogens (tertiary/aromatic N) is 4. The molecule has 0 radical (unpaired) electrons. The van der Waals surface area contributed by atoms with Crippen molar-refractivity contribution in [1.82, 2.24) is 14.6 Å². The minimum atomic E-state index is -0.151. The number of anilines is 1. The van der Waals surface area contributed by atoms with Gasteiger partial charge in [-0.15, -0.1) is 5.10 Å². The third-order valence-electron chi connectivity index (χ3n) is 7.10. The molecule has 1 spiro atoms. The normalized spacial score (nSPS) is 22.9. The molecule has 2 aliphatic heterocycles. The van der Waals surface area contributed by atoms with Crippen LogP contribution in [-0.2, 0) is 11.3 Å². The Morgan fingerprint density at radius 2 is 2.03 bits per heavy atom. The summed E-state index contributed by atoms with van der Waals surface area (Å²) in [7, 11) is 0. The minimum Gasteiger partial charge on any atom is -0.392 e. The van der Waals surface area contributed by atoms with Gasteiger partial charge in [0.15, 0.2) is 5.65 Å². The second-order valence-corrected chi connectivity index (χ2v) is 9.73. The molecule has 2 aliphatic rings. The summed E-state index contributed by atoms with van der Waals surface area (Å²) in [6.07, 6.45) is 1.99. The van der Waals surface area contributed by atoms with Crippen molar-refractivity contribution in [3.05, 3.63) is 45.7 Å². The molecular weight excluding hydrogens is 449 g/mol. The van der Waals surface area contributed by atoms with Gasteiger partial charge in [-0.3, -0.25) is 0 Å². The van der Waals surface area contributed by atoms with Crippen LogP contribution in [0, 0.1) is 12.3 Å². The molecule has 0 unspecified atom stereocenters. The summed E-state index contributed by atoms with van der Waals surface area (Å²) in [4.78, 5) is 6.99. The van der Waals surface area contributed by atoms with Crippen LogP contribution in [-0.4, -0.2) is 51.5 Å². The monoisotopic (exact) mass is 475 g/mol. The Bertz CT molecular complexity index is 1170. The Balaban J connectivity index is 1.58. The summed E-state index contributed by atoms with van der Waals surface area (Å²) in [6, 6.07) is 7.52. The van der Waals surface area contributed by atoms with Gasteiger partial charge in [-0.1, -0.05) is 35.3 Å². The molecular formula is C23H27Cl2N5O2. The number of fused-ring (bicyclic) bond motifs is 1. The van der Waals surface area contributed by atoms with Crippen LogP contribution in [0.3, 0.4) is 0 Å². The van der Waals surface area contributed by atoms with E-state index in [2.05, 4.69) is 21.9 Å². The predicted octanol–water partition coefficient (Wildman–Crippen LogP) is 3.84. The van der Waals surface area contributed by atoms with Crippen LogP contribution in [0.4, 0.5) is 5.82 Å². The van der Waals surface area contributed by atoms with Gasteiger partial charge in [0.2, 0.25) is 0 Å². The van der Waals surface area contributed by atoms with Crippen LogP contribution >= 0.6 is 23.2 Å². The van der Waals surface area contributed by atoms with E-state index in [4.69, 9.17) is 33.7 Å². The molecule has 4 heterocycles. The molecule has 0 amide bonds. The SMILES string of the molecule is Cc1nc2c(-c3cccc(Cl)c3Cl)c(CO)cc(N3CCC4(CC3)CO[C@@H](C)[C@H]4N)n2n1. The highest BCUT2D eigenvalue weighted by molar-refractivity contribution is 6.43. The number of nitrogens with two attached hydrogens (primary N) is 1. The van der Waals surface area contributed by atoms with Gasteiger partial charge < -0.3 is 20.5 Å². The van der Waals surface area contributed by atoms with Crippen LogP contribution in [0.25, 0.3) is 16.8 Å². The van der Waals surface area contributed by atoms with Gasteiger partial charge in [0.1, 0.15) is 11.6 Å². The minimum absolute atomic E-state index is 0.0291. The number of aliphatic hydroxyl groups excluding tert-OH is 1. The standard InChI is InChI=1S/C23H27Cl2N5O2/c1-13-21(26)23(12-32-13)6-8-29(9-7-23)18-10-15(11-31)19(22-27-14(2)28-30(18)22)16-4-3-5-17(24)20(16)25/h3-5,10,13,21,31H,6-9,11-12,26H2,1-2H3/t13-,21+/m0/s1. The first-order valence-corrected chi connectivity index (χ1v) is 11.7. The molecule has 5 rings (SSSR count). The Hall–Kier alpha value is -1.90. The highest BCUT2D eigenvalue weighted by Gasteiger charge is 2.47. The molecule has 9 heteroatoms. The van der Waals surface area contributed by atoms with Gasteiger partial charge >= 0.3 is 0 Å². The van der Waals surface area contributed by atoms with Crippen molar-refractivity contribution in [2.75, 3.05) is 24.6 Å². The molecule has 0 saturated carbocycles. The van der Waals surface area contributed by atoms with Crippen molar-refractivity contribution < 1.29 is 9.84 Å². The van der Waals surface area contributed by atoms with E-state index in [-0.39, 0.29) is 24.2 Å². The zero-order valence-corrected chi connectivity index (χ0v) is 19.7. The lowest BCUT2D eigenvalue weighted by Crippen LogP contribution is -2.51. The average Bonchev–Trinajstić information content (AvgIpc) is 3.30. The summed E-state index contributed by atoms with van der Waals surface area (Å²) in [5.41, 5.74) is 9.39. The number of aliphatic hydroxyl groups is 1. The topological polar surface area (TPSA) is 88.9 Å². The molecule has 1 aromatic carbocycles. The quantitative estimate of drug-likeness (QED) is 0.598. The smallest absolute Gasteiger partial charge is 0.166 e. The van der Waals surface area contributed by atoms with E-state index in [0.717, 1.165) is 55.0 Å². The number of halogens is 2. The molecule has 2 saturated heterocycles. The first-order chi connectivity index (χ1) is 15.3. The van der Waals surface area contributed by atoms with E-state index in [1.165, 1.54) is 0 Å². The van der Waals surface area contributed by atoms with E-state index in [1.54, 1.807) is 6.07 Å². The first-order valence-electron chi connectivity index (χ1n) is 10.9. The highest BCUT2D eigenvalue weighted by atomic mass is 35.5. The maximum Gasteiger partial charge on any atom is 0.166 e. The number of hydrogen-bond acceptors (Lipinski definition) is 6. The maximum absolute atomic E-state index is 10.3. The summed E-state index contributed by atoms with van der Waals surface area (Å²) in [5.74, 6) is 1.55. The lowest BCUT2D eigenvalue weighted by atomic mass is 9.73. The largest absolute Gasteiger partial charge is 0.392 e. The molecule has 7 nitrogen and oxygen atoms in total. The molecule has 170 valence electrons. The third-order valence-corrected chi connectivity index (χ3v) is 7.92. The van der Waals surface area contributed by atoms with Crippen molar-refractivity contribution in [2.45, 2.75) is 45.4 Å². The molecule has 32 heavy (non-hydrogen) atoms. The average molecular weight is 476 g/mol. The Morgan fingerprint density at radius 3 is 2.69 bits per heavy atom. The Morgan fingerprint density at radius 1 is 1.28 bits per heavy atom. The molecule has 0 bridgehead atoms. The number of benzene rings is 1. The highest BCUT2D eigenvalue weighted by Crippen LogP contribution is 2.43. The van der Waals surface area contributed by atoms with Gasteiger partial charge in [0.05, 0.1) is 29.4 Å². The van der Waals surface area contributed by atoms with E-state index in [9.17, 15) is 5.11 Å². The number of hydrogen-bond donors (Lipinski definition) is 2. The van der Waals surface area contributed by atoms with Crippen LogP contribution < -0.4 is 10.6 Å². The van der Waals surface area contributed by atoms with Crippen molar-refractivity contribution in [1.29, 1.82) is 0 Å². The Labute approximate surface area is 197 Å². The fourth-order valence-corrected chi connectivity index (χ4v) is 5.56. The molecule has 2 atom stereocenters. The van der Waals surface area contributed by atoms with Gasteiger partial charge in [0, 0.05) is 35.7 Å².